The second kappa shape index (κ2) is 6.81. The lowest BCUT2D eigenvalue weighted by Crippen LogP contribution is -2.44. The molecule has 0 saturated carbocycles. The van der Waals surface area contributed by atoms with Crippen LogP contribution in [-0.4, -0.2) is 39.4 Å². The summed E-state index contributed by atoms with van der Waals surface area (Å²) >= 11 is 1.42. The number of carbonyl (C=O) groups is 2. The number of hydrogen-bond donors (Lipinski definition) is 1. The van der Waals surface area contributed by atoms with Gasteiger partial charge in [0.15, 0.2) is 0 Å². The first kappa shape index (κ1) is 17.7. The fraction of sp³-hybridized carbons (Fsp3) is 0.350. The predicted molar refractivity (Wildman–Crippen MR) is 106 cm³/mol. The molecule has 0 aliphatic carbocycles. The van der Waals surface area contributed by atoms with E-state index in [9.17, 15) is 9.59 Å². The van der Waals surface area contributed by atoms with Gasteiger partial charge >= 0.3 is 0 Å². The summed E-state index contributed by atoms with van der Waals surface area (Å²) in [4.78, 5) is 32.9. The minimum Gasteiger partial charge on any atom is -0.369 e. The van der Waals surface area contributed by atoms with Crippen LogP contribution in [0.4, 0.5) is 0 Å². The van der Waals surface area contributed by atoms with Crippen molar-refractivity contribution in [3.8, 4) is 5.69 Å². The summed E-state index contributed by atoms with van der Waals surface area (Å²) in [6, 6.07) is 5.93. The van der Waals surface area contributed by atoms with Crippen molar-refractivity contribution in [3.63, 3.8) is 0 Å². The average Bonchev–Trinajstić information content (AvgIpc) is 3.28. The normalized spacial score (nSPS) is 17.4. The molecule has 7 heteroatoms. The predicted octanol–water partition coefficient (Wildman–Crippen LogP) is 3.04. The van der Waals surface area contributed by atoms with Crippen LogP contribution >= 0.6 is 11.3 Å². The largest absolute Gasteiger partial charge is 0.369 e. The van der Waals surface area contributed by atoms with E-state index in [0.717, 1.165) is 40.0 Å². The van der Waals surface area contributed by atoms with E-state index in [1.807, 2.05) is 42.1 Å². The van der Waals surface area contributed by atoms with Gasteiger partial charge in [0.25, 0.3) is 5.91 Å². The molecule has 2 amide bonds. The third-order valence-electron chi connectivity index (χ3n) is 5.13. The zero-order valence-electron chi connectivity index (χ0n) is 15.4. The highest BCUT2D eigenvalue weighted by molar-refractivity contribution is 7.21. The van der Waals surface area contributed by atoms with Gasteiger partial charge in [-0.15, -0.1) is 11.3 Å². The van der Waals surface area contributed by atoms with Crippen LogP contribution in [-0.2, 0) is 4.79 Å². The van der Waals surface area contributed by atoms with Crippen LogP contribution in [0, 0.1) is 19.8 Å². The summed E-state index contributed by atoms with van der Waals surface area (Å²) in [6.45, 7) is 5.05. The molecule has 140 valence electrons. The maximum atomic E-state index is 13.4. The zero-order chi connectivity index (χ0) is 19.1. The van der Waals surface area contributed by atoms with E-state index in [-0.39, 0.29) is 17.7 Å². The second-order valence-corrected chi connectivity index (χ2v) is 8.12. The van der Waals surface area contributed by atoms with E-state index >= 15 is 0 Å². The van der Waals surface area contributed by atoms with Gasteiger partial charge in [0.1, 0.15) is 9.71 Å². The highest BCUT2D eigenvalue weighted by Gasteiger charge is 2.31. The Labute approximate surface area is 161 Å². The summed E-state index contributed by atoms with van der Waals surface area (Å²) in [5, 5.41) is 1.01. The molecule has 6 nitrogen and oxygen atoms in total. The Morgan fingerprint density at radius 2 is 2.00 bits per heavy atom. The number of likely N-dealkylation sites (tertiary alicyclic amines) is 1. The van der Waals surface area contributed by atoms with E-state index < -0.39 is 0 Å². The monoisotopic (exact) mass is 382 g/mol. The molecule has 3 aromatic rings. The lowest BCUT2D eigenvalue weighted by atomic mass is 9.97. The lowest BCUT2D eigenvalue weighted by Gasteiger charge is -2.31. The van der Waals surface area contributed by atoms with Gasteiger partial charge in [-0.05, 0) is 50.5 Å². The van der Waals surface area contributed by atoms with Crippen molar-refractivity contribution in [2.24, 2.45) is 11.7 Å². The van der Waals surface area contributed by atoms with Crippen LogP contribution in [0.5, 0.6) is 0 Å². The number of primary amides is 1. The van der Waals surface area contributed by atoms with Crippen LogP contribution < -0.4 is 5.73 Å². The minimum absolute atomic E-state index is 0.0512. The third kappa shape index (κ3) is 3.12. The number of aromatic nitrogens is 2. The average molecular weight is 382 g/mol. The molecule has 1 aliphatic heterocycles. The molecule has 27 heavy (non-hydrogen) atoms. The molecule has 0 radical (unpaired) electrons. The molecule has 0 bridgehead atoms. The van der Waals surface area contributed by atoms with E-state index in [1.165, 1.54) is 11.3 Å². The van der Waals surface area contributed by atoms with Crippen LogP contribution in [0.25, 0.3) is 15.9 Å². The fourth-order valence-corrected chi connectivity index (χ4v) is 5.10. The molecule has 1 aliphatic rings. The Morgan fingerprint density at radius 1 is 1.26 bits per heavy atom. The highest BCUT2D eigenvalue weighted by Crippen LogP contribution is 2.37. The summed E-state index contributed by atoms with van der Waals surface area (Å²) in [7, 11) is 0. The van der Waals surface area contributed by atoms with Gasteiger partial charge in [0.05, 0.1) is 11.6 Å². The van der Waals surface area contributed by atoms with Crippen molar-refractivity contribution in [2.45, 2.75) is 26.7 Å². The van der Waals surface area contributed by atoms with E-state index in [2.05, 4.69) is 11.9 Å². The van der Waals surface area contributed by atoms with Gasteiger partial charge in [0, 0.05) is 36.6 Å². The quantitative estimate of drug-likeness (QED) is 0.756. The van der Waals surface area contributed by atoms with Gasteiger partial charge < -0.3 is 15.2 Å². The molecule has 4 heterocycles. The first-order valence-electron chi connectivity index (χ1n) is 9.08. The van der Waals surface area contributed by atoms with Gasteiger partial charge in [0.2, 0.25) is 5.91 Å². The number of nitrogens with zero attached hydrogens (tertiary/aromatic N) is 3. The number of rotatable bonds is 3. The molecular weight excluding hydrogens is 360 g/mol. The van der Waals surface area contributed by atoms with Crippen LogP contribution in [0.1, 0.15) is 33.8 Å². The topological polar surface area (TPSA) is 81.2 Å². The van der Waals surface area contributed by atoms with Crippen molar-refractivity contribution < 1.29 is 9.59 Å². The number of fused-ring (bicyclic) bond motifs is 1. The van der Waals surface area contributed by atoms with Crippen molar-refractivity contribution in [3.05, 3.63) is 46.7 Å². The molecular formula is C20H22N4O2S. The van der Waals surface area contributed by atoms with Gasteiger partial charge in [-0.3, -0.25) is 9.59 Å². The maximum Gasteiger partial charge on any atom is 0.266 e. The van der Waals surface area contributed by atoms with E-state index in [1.54, 1.807) is 4.90 Å². The number of thiophene rings is 1. The van der Waals surface area contributed by atoms with Crippen molar-refractivity contribution >= 4 is 33.4 Å². The molecule has 0 spiro atoms. The number of pyridine rings is 1. The molecule has 1 atom stereocenters. The van der Waals surface area contributed by atoms with Gasteiger partial charge in [-0.1, -0.05) is 0 Å². The minimum atomic E-state index is -0.331. The molecule has 3 aromatic heterocycles. The molecule has 2 N–H and O–H groups in total. The van der Waals surface area contributed by atoms with Crippen LogP contribution in [0.15, 0.2) is 30.6 Å². The third-order valence-corrected chi connectivity index (χ3v) is 6.19. The van der Waals surface area contributed by atoms with Crippen LogP contribution in [0.2, 0.25) is 0 Å². The molecule has 4 rings (SSSR count). The van der Waals surface area contributed by atoms with Crippen LogP contribution in [0.3, 0.4) is 0 Å². The number of nitrogens with two attached hydrogens (primary N) is 1. The summed E-state index contributed by atoms with van der Waals surface area (Å²) in [5.74, 6) is -0.651. The SMILES string of the molecule is Cc1cc(C)c2c(-n3cccc3)c(C(=O)N3CCC[C@@H](C(N)=O)C3)sc2n1. The van der Waals surface area contributed by atoms with Crippen molar-refractivity contribution in [1.29, 1.82) is 0 Å². The maximum absolute atomic E-state index is 13.4. The van der Waals surface area contributed by atoms with Crippen molar-refractivity contribution in [1.82, 2.24) is 14.5 Å². The van der Waals surface area contributed by atoms with E-state index in [0.29, 0.717) is 18.0 Å². The Kier molecular flexibility index (Phi) is 4.47. The van der Waals surface area contributed by atoms with E-state index in [4.69, 9.17) is 5.73 Å². The second-order valence-electron chi connectivity index (χ2n) is 7.12. The van der Waals surface area contributed by atoms with Gasteiger partial charge in [-0.25, -0.2) is 4.98 Å². The number of aryl methyl sites for hydroxylation is 2. The number of hydrogen-bond acceptors (Lipinski definition) is 4. The molecule has 0 aromatic carbocycles. The zero-order valence-corrected chi connectivity index (χ0v) is 16.3. The number of amides is 2. The smallest absolute Gasteiger partial charge is 0.266 e. The Bertz CT molecular complexity index is 1020. The number of carbonyl (C=O) groups excluding carboxylic acids is 2. The summed E-state index contributed by atoms with van der Waals surface area (Å²) in [5.41, 5.74) is 8.39. The number of piperidine rings is 1. The lowest BCUT2D eigenvalue weighted by molar-refractivity contribution is -0.123. The van der Waals surface area contributed by atoms with Gasteiger partial charge in [-0.2, -0.15) is 0 Å². The summed E-state index contributed by atoms with van der Waals surface area (Å²) < 4.78 is 1.98. The first-order chi connectivity index (χ1) is 13.0. The Balaban J connectivity index is 1.84. The Morgan fingerprint density at radius 3 is 2.70 bits per heavy atom. The summed E-state index contributed by atoms with van der Waals surface area (Å²) in [6.07, 6.45) is 5.43. The highest BCUT2D eigenvalue weighted by atomic mass is 32.1. The molecule has 1 fully saturated rings. The fourth-order valence-electron chi connectivity index (χ4n) is 3.84. The Hall–Kier alpha value is -2.67. The molecule has 0 unspecified atom stereocenters. The standard InChI is InChI=1S/C20H22N4O2S/c1-12-10-13(2)22-19-15(12)16(23-7-3-4-8-23)17(27-19)20(26)24-9-5-6-14(11-24)18(21)25/h3-4,7-8,10,14H,5-6,9,11H2,1-2H3,(H2,21,25)/t14-/m1/s1. The van der Waals surface area contributed by atoms with Crippen molar-refractivity contribution in [2.75, 3.05) is 13.1 Å². The first-order valence-corrected chi connectivity index (χ1v) is 9.90. The molecule has 1 saturated heterocycles.